The zero-order chi connectivity index (χ0) is 13.7. The first kappa shape index (κ1) is 14.8. The van der Waals surface area contributed by atoms with Crippen molar-refractivity contribution < 1.29 is 9.21 Å². The fourth-order valence-electron chi connectivity index (χ4n) is 1.86. The van der Waals surface area contributed by atoms with E-state index in [0.717, 1.165) is 17.9 Å². The Morgan fingerprint density at radius 1 is 1.39 bits per heavy atom. The van der Waals surface area contributed by atoms with Crippen LogP contribution in [0.3, 0.4) is 0 Å². The normalized spacial score (nSPS) is 12.8. The van der Waals surface area contributed by atoms with E-state index in [9.17, 15) is 4.79 Å². The Balaban J connectivity index is 2.58. The predicted molar refractivity (Wildman–Crippen MR) is 72.2 cm³/mol. The van der Waals surface area contributed by atoms with Crippen LogP contribution in [0.15, 0.2) is 16.5 Å². The Morgan fingerprint density at radius 2 is 2.06 bits per heavy atom. The average Bonchev–Trinajstić information content (AvgIpc) is 2.68. The number of amides is 1. The van der Waals surface area contributed by atoms with Crippen LogP contribution in [0.25, 0.3) is 0 Å². The van der Waals surface area contributed by atoms with Crippen molar-refractivity contribution in [3.63, 3.8) is 0 Å². The Kier molecular flexibility index (Phi) is 5.41. The van der Waals surface area contributed by atoms with Crippen LogP contribution < -0.4 is 5.32 Å². The molecule has 1 heterocycles. The Labute approximate surface area is 109 Å². The lowest BCUT2D eigenvalue weighted by atomic mass is 10.0. The van der Waals surface area contributed by atoms with Gasteiger partial charge in [-0.1, -0.05) is 13.8 Å². The summed E-state index contributed by atoms with van der Waals surface area (Å²) in [6.45, 7) is 6.74. The van der Waals surface area contributed by atoms with Gasteiger partial charge < -0.3 is 9.32 Å². The van der Waals surface area contributed by atoms with Gasteiger partial charge in [0.25, 0.3) is 0 Å². The van der Waals surface area contributed by atoms with E-state index in [1.807, 2.05) is 19.1 Å². The van der Waals surface area contributed by atoms with Crippen LogP contribution in [0.1, 0.15) is 31.8 Å². The summed E-state index contributed by atoms with van der Waals surface area (Å²) < 4.78 is 5.49. The van der Waals surface area contributed by atoms with Gasteiger partial charge in [-0.3, -0.25) is 10.1 Å². The molecule has 0 saturated heterocycles. The van der Waals surface area contributed by atoms with E-state index < -0.39 is 0 Å². The molecule has 1 unspecified atom stereocenters. The second-order valence-corrected chi connectivity index (χ2v) is 5.31. The van der Waals surface area contributed by atoms with Crippen molar-refractivity contribution in [1.82, 2.24) is 10.2 Å². The summed E-state index contributed by atoms with van der Waals surface area (Å²) in [6, 6.07) is 3.72. The molecule has 0 aliphatic rings. The summed E-state index contributed by atoms with van der Waals surface area (Å²) in [4.78, 5) is 13.7. The fourth-order valence-corrected chi connectivity index (χ4v) is 1.86. The molecule has 18 heavy (non-hydrogen) atoms. The van der Waals surface area contributed by atoms with E-state index >= 15 is 0 Å². The van der Waals surface area contributed by atoms with Crippen LogP contribution in [0.4, 0.5) is 0 Å². The lowest BCUT2D eigenvalue weighted by Crippen LogP contribution is -2.44. The number of aryl methyl sites for hydroxylation is 1. The van der Waals surface area contributed by atoms with Gasteiger partial charge in [-0.05, 0) is 31.4 Å². The summed E-state index contributed by atoms with van der Waals surface area (Å²) in [7, 11) is 3.57. The second kappa shape index (κ2) is 6.59. The molecular formula is C14H24N2O2. The molecule has 1 aromatic heterocycles. The summed E-state index contributed by atoms with van der Waals surface area (Å²) in [5.74, 6) is 2.36. The minimum Gasteiger partial charge on any atom is -0.465 e. The molecule has 1 atom stereocenters. The van der Waals surface area contributed by atoms with Crippen LogP contribution in [0.5, 0.6) is 0 Å². The zero-order valence-corrected chi connectivity index (χ0v) is 12.0. The minimum absolute atomic E-state index is 0.118. The van der Waals surface area contributed by atoms with Crippen molar-refractivity contribution in [1.29, 1.82) is 0 Å². The summed E-state index contributed by atoms with van der Waals surface area (Å²) in [6.07, 6.45) is 0.830. The van der Waals surface area contributed by atoms with Crippen molar-refractivity contribution >= 4 is 5.91 Å². The van der Waals surface area contributed by atoms with Crippen molar-refractivity contribution in [3.05, 3.63) is 23.7 Å². The van der Waals surface area contributed by atoms with Gasteiger partial charge in [0.05, 0.1) is 12.6 Å². The number of rotatable bonds is 6. The van der Waals surface area contributed by atoms with Gasteiger partial charge in [0, 0.05) is 14.1 Å². The standard InChI is InChI=1S/C14H24N2O2/c1-10(2)8-13(14(17)16(4)5)15-9-12-7-6-11(3)18-12/h6-7,10,13,15H,8-9H2,1-5H3. The molecule has 0 aromatic carbocycles. The number of carbonyl (C=O) groups is 1. The van der Waals surface area contributed by atoms with Crippen LogP contribution in [-0.4, -0.2) is 30.9 Å². The Bertz CT molecular complexity index is 383. The van der Waals surface area contributed by atoms with Crippen LogP contribution in [0.2, 0.25) is 0 Å². The molecule has 4 nitrogen and oxygen atoms in total. The van der Waals surface area contributed by atoms with Crippen molar-refractivity contribution in [2.75, 3.05) is 14.1 Å². The maximum atomic E-state index is 12.0. The van der Waals surface area contributed by atoms with Crippen LogP contribution in [-0.2, 0) is 11.3 Å². The summed E-state index contributed by atoms with van der Waals surface area (Å²) in [5, 5.41) is 3.28. The molecule has 0 spiro atoms. The highest BCUT2D eigenvalue weighted by atomic mass is 16.3. The zero-order valence-electron chi connectivity index (χ0n) is 12.0. The van der Waals surface area contributed by atoms with E-state index in [2.05, 4.69) is 19.2 Å². The molecule has 0 bridgehead atoms. The largest absolute Gasteiger partial charge is 0.465 e. The second-order valence-electron chi connectivity index (χ2n) is 5.31. The minimum atomic E-state index is -0.148. The first-order valence-electron chi connectivity index (χ1n) is 6.40. The lowest BCUT2D eigenvalue weighted by Gasteiger charge is -2.22. The molecule has 0 radical (unpaired) electrons. The molecule has 0 aliphatic heterocycles. The Hall–Kier alpha value is -1.29. The van der Waals surface area contributed by atoms with Crippen molar-refractivity contribution in [3.8, 4) is 0 Å². The summed E-state index contributed by atoms with van der Waals surface area (Å²) >= 11 is 0. The molecule has 1 N–H and O–H groups in total. The number of furan rings is 1. The number of likely N-dealkylation sites (N-methyl/N-ethyl adjacent to an activating group) is 1. The quantitative estimate of drug-likeness (QED) is 0.844. The summed E-state index contributed by atoms with van der Waals surface area (Å²) in [5.41, 5.74) is 0. The highest BCUT2D eigenvalue weighted by molar-refractivity contribution is 5.81. The predicted octanol–water partition coefficient (Wildman–Crippen LogP) is 2.18. The van der Waals surface area contributed by atoms with E-state index in [1.165, 1.54) is 0 Å². The van der Waals surface area contributed by atoms with Gasteiger partial charge >= 0.3 is 0 Å². The van der Waals surface area contributed by atoms with Crippen molar-refractivity contribution in [2.24, 2.45) is 5.92 Å². The fraction of sp³-hybridized carbons (Fsp3) is 0.643. The molecular weight excluding hydrogens is 228 g/mol. The highest BCUT2D eigenvalue weighted by Crippen LogP contribution is 2.10. The van der Waals surface area contributed by atoms with E-state index in [0.29, 0.717) is 12.5 Å². The van der Waals surface area contributed by atoms with Gasteiger partial charge in [-0.15, -0.1) is 0 Å². The number of nitrogens with zero attached hydrogens (tertiary/aromatic N) is 1. The first-order valence-corrected chi connectivity index (χ1v) is 6.40. The van der Waals surface area contributed by atoms with Gasteiger partial charge in [0.2, 0.25) is 5.91 Å². The highest BCUT2D eigenvalue weighted by Gasteiger charge is 2.21. The number of hydrogen-bond donors (Lipinski definition) is 1. The number of hydrogen-bond acceptors (Lipinski definition) is 3. The molecule has 0 saturated carbocycles. The first-order chi connectivity index (χ1) is 8.40. The van der Waals surface area contributed by atoms with Gasteiger partial charge in [0.15, 0.2) is 0 Å². The van der Waals surface area contributed by atoms with Gasteiger partial charge in [-0.2, -0.15) is 0 Å². The van der Waals surface area contributed by atoms with E-state index in [4.69, 9.17) is 4.42 Å². The third-order valence-electron chi connectivity index (χ3n) is 2.76. The molecule has 4 heteroatoms. The van der Waals surface area contributed by atoms with E-state index in [1.54, 1.807) is 19.0 Å². The average molecular weight is 252 g/mol. The SMILES string of the molecule is Cc1ccc(CNC(CC(C)C)C(=O)N(C)C)o1. The van der Waals surface area contributed by atoms with Crippen LogP contribution >= 0.6 is 0 Å². The Morgan fingerprint density at radius 3 is 2.50 bits per heavy atom. The molecule has 0 aliphatic carbocycles. The third-order valence-corrected chi connectivity index (χ3v) is 2.76. The molecule has 1 rings (SSSR count). The van der Waals surface area contributed by atoms with Gasteiger partial charge in [-0.25, -0.2) is 0 Å². The molecule has 0 fully saturated rings. The monoisotopic (exact) mass is 252 g/mol. The topological polar surface area (TPSA) is 45.5 Å². The third kappa shape index (κ3) is 4.53. The van der Waals surface area contributed by atoms with Gasteiger partial charge in [0.1, 0.15) is 11.5 Å². The number of carbonyl (C=O) groups excluding carboxylic acids is 1. The maximum Gasteiger partial charge on any atom is 0.239 e. The lowest BCUT2D eigenvalue weighted by molar-refractivity contribution is -0.131. The molecule has 1 amide bonds. The smallest absolute Gasteiger partial charge is 0.239 e. The van der Waals surface area contributed by atoms with Crippen molar-refractivity contribution in [2.45, 2.75) is 39.8 Å². The van der Waals surface area contributed by atoms with Crippen LogP contribution in [0, 0.1) is 12.8 Å². The van der Waals surface area contributed by atoms with E-state index in [-0.39, 0.29) is 11.9 Å². The molecule has 102 valence electrons. The molecule has 1 aromatic rings. The maximum absolute atomic E-state index is 12.0. The number of nitrogens with one attached hydrogen (secondary N) is 1.